The minimum Gasteiger partial charge on any atom is -0.336 e. The first-order valence-electron chi connectivity index (χ1n) is 9.06. The molecule has 3 aromatic rings. The minimum atomic E-state index is -4.11. The van der Waals surface area contributed by atoms with E-state index in [1.807, 2.05) is 34.6 Å². The topological polar surface area (TPSA) is 101 Å². The summed E-state index contributed by atoms with van der Waals surface area (Å²) in [6.07, 6.45) is 0. The molecule has 0 aliphatic rings. The lowest BCUT2D eigenvalue weighted by Gasteiger charge is -2.19. The summed E-state index contributed by atoms with van der Waals surface area (Å²) < 4.78 is 32.9. The maximum atomic E-state index is 13.0. The number of anilines is 2. The molecule has 0 bridgehead atoms. The molecule has 7 nitrogen and oxygen atoms in total. The van der Waals surface area contributed by atoms with E-state index in [-0.39, 0.29) is 20.7 Å². The second-order valence-corrected chi connectivity index (χ2v) is 10.0. The Morgan fingerprint density at radius 1 is 1.03 bits per heavy atom. The van der Waals surface area contributed by atoms with Crippen molar-refractivity contribution in [3.63, 3.8) is 0 Å². The number of hydrogen-bond acceptors (Lipinski definition) is 6. The molecular weight excluding hydrogens is 446 g/mol. The number of hydrogen-bond donors (Lipinski definition) is 2. The molecule has 0 fully saturated rings. The van der Waals surface area contributed by atoms with Crippen molar-refractivity contribution < 1.29 is 17.7 Å². The third-order valence-corrected chi connectivity index (χ3v) is 8.24. The lowest BCUT2D eigenvalue weighted by atomic mass is 9.93. The first-order chi connectivity index (χ1) is 14.0. The monoisotopic (exact) mass is 467 g/mol. The van der Waals surface area contributed by atoms with Crippen LogP contribution in [0.1, 0.15) is 43.2 Å². The van der Waals surface area contributed by atoms with Gasteiger partial charge >= 0.3 is 0 Å². The Labute approximate surface area is 184 Å². The van der Waals surface area contributed by atoms with Crippen LogP contribution in [0.15, 0.2) is 20.9 Å². The van der Waals surface area contributed by atoms with Crippen LogP contribution < -0.4 is 10.0 Å². The van der Waals surface area contributed by atoms with E-state index < -0.39 is 15.9 Å². The van der Waals surface area contributed by atoms with Gasteiger partial charge in [-0.15, -0.1) is 11.3 Å². The number of rotatable bonds is 5. The predicted molar refractivity (Wildman–Crippen MR) is 119 cm³/mol. The third kappa shape index (κ3) is 3.84. The van der Waals surface area contributed by atoms with E-state index in [4.69, 9.17) is 16.1 Å². The molecule has 0 aliphatic carbocycles. The highest BCUT2D eigenvalue weighted by Gasteiger charge is 2.27. The van der Waals surface area contributed by atoms with Gasteiger partial charge in [0.15, 0.2) is 0 Å². The van der Waals surface area contributed by atoms with Crippen LogP contribution in [0.2, 0.25) is 5.02 Å². The smallest absolute Gasteiger partial charge is 0.267 e. The second kappa shape index (κ2) is 8.05. The molecule has 30 heavy (non-hydrogen) atoms. The van der Waals surface area contributed by atoms with Crippen LogP contribution in [0.5, 0.6) is 0 Å². The van der Waals surface area contributed by atoms with Crippen molar-refractivity contribution in [2.45, 2.75) is 46.4 Å². The van der Waals surface area contributed by atoms with E-state index in [0.717, 1.165) is 33.6 Å². The van der Waals surface area contributed by atoms with Gasteiger partial charge in [0, 0.05) is 5.69 Å². The lowest BCUT2D eigenvalue weighted by Crippen LogP contribution is -2.19. The summed E-state index contributed by atoms with van der Waals surface area (Å²) >= 11 is 7.04. The van der Waals surface area contributed by atoms with E-state index in [9.17, 15) is 13.2 Å². The van der Waals surface area contributed by atoms with Crippen molar-refractivity contribution in [1.29, 1.82) is 0 Å². The molecular formula is C20H22ClN3O4S2. The summed E-state index contributed by atoms with van der Waals surface area (Å²) in [5, 5.41) is 8.14. The number of sulfonamides is 1. The van der Waals surface area contributed by atoms with Gasteiger partial charge in [-0.05, 0) is 80.8 Å². The van der Waals surface area contributed by atoms with E-state index in [1.165, 1.54) is 11.6 Å². The summed E-state index contributed by atoms with van der Waals surface area (Å²) in [6.45, 7) is 11.5. The Balaban J connectivity index is 1.96. The van der Waals surface area contributed by atoms with Crippen LogP contribution >= 0.6 is 22.9 Å². The number of halogens is 1. The molecule has 0 aliphatic heterocycles. The molecule has 160 valence electrons. The minimum absolute atomic E-state index is 0.0598. The van der Waals surface area contributed by atoms with Crippen molar-refractivity contribution >= 4 is 50.4 Å². The Hall–Kier alpha value is -2.36. The average molecular weight is 468 g/mol. The molecule has 3 rings (SSSR count). The zero-order valence-corrected chi connectivity index (χ0v) is 19.8. The maximum absolute atomic E-state index is 13.0. The van der Waals surface area contributed by atoms with Gasteiger partial charge in [0.25, 0.3) is 21.8 Å². The van der Waals surface area contributed by atoms with Crippen LogP contribution in [-0.4, -0.2) is 19.5 Å². The van der Waals surface area contributed by atoms with Crippen molar-refractivity contribution in [2.24, 2.45) is 0 Å². The van der Waals surface area contributed by atoms with E-state index in [1.54, 1.807) is 12.3 Å². The zero-order chi connectivity index (χ0) is 22.4. The molecule has 10 heteroatoms. The predicted octanol–water partition coefficient (Wildman–Crippen LogP) is 5.29. The molecule has 0 radical (unpaired) electrons. The normalized spacial score (nSPS) is 11.6. The number of amides is 1. The van der Waals surface area contributed by atoms with Crippen LogP contribution in [0, 0.1) is 41.5 Å². The Morgan fingerprint density at radius 2 is 1.60 bits per heavy atom. The fourth-order valence-electron chi connectivity index (χ4n) is 3.13. The number of carbonyl (C=O) groups is 1. The van der Waals surface area contributed by atoms with Crippen molar-refractivity contribution in [3.05, 3.63) is 54.9 Å². The van der Waals surface area contributed by atoms with Gasteiger partial charge in [-0.2, -0.15) is 0 Å². The summed E-state index contributed by atoms with van der Waals surface area (Å²) in [5.74, 6) is -0.692. The number of nitrogens with one attached hydrogen (secondary N) is 2. The number of carbonyl (C=O) groups excluding carboxylic acids is 1. The summed E-state index contributed by atoms with van der Waals surface area (Å²) in [7, 11) is -4.11. The van der Waals surface area contributed by atoms with Crippen LogP contribution in [0.25, 0.3) is 0 Å². The van der Waals surface area contributed by atoms with Gasteiger partial charge in [-0.1, -0.05) is 16.8 Å². The fraction of sp³-hybridized carbons (Fsp3) is 0.300. The number of aromatic nitrogens is 1. The van der Waals surface area contributed by atoms with E-state index in [0.29, 0.717) is 11.4 Å². The van der Waals surface area contributed by atoms with E-state index >= 15 is 0 Å². The molecule has 1 amide bonds. The molecule has 0 saturated carbocycles. The van der Waals surface area contributed by atoms with Gasteiger partial charge in [0.1, 0.15) is 20.5 Å². The highest BCUT2D eigenvalue weighted by molar-refractivity contribution is 7.93. The molecule has 0 atom stereocenters. The van der Waals surface area contributed by atoms with Crippen LogP contribution in [-0.2, 0) is 10.0 Å². The fourth-order valence-corrected chi connectivity index (χ4v) is 5.62. The first kappa shape index (κ1) is 22.3. The van der Waals surface area contributed by atoms with Gasteiger partial charge in [-0.25, -0.2) is 13.1 Å². The largest absolute Gasteiger partial charge is 0.336 e. The molecule has 2 aromatic heterocycles. The second-order valence-electron chi connectivity index (χ2n) is 7.08. The Morgan fingerprint density at radius 3 is 2.13 bits per heavy atom. The first-order valence-corrected chi connectivity index (χ1v) is 11.8. The number of benzene rings is 1. The number of aryl methyl sites for hydroxylation is 1. The summed E-state index contributed by atoms with van der Waals surface area (Å²) in [5.41, 5.74) is 6.30. The van der Waals surface area contributed by atoms with Gasteiger partial charge in [-0.3, -0.25) is 4.79 Å². The highest BCUT2D eigenvalue weighted by atomic mass is 35.5. The molecule has 0 unspecified atom stereocenters. The third-order valence-electron chi connectivity index (χ3n) is 5.38. The van der Waals surface area contributed by atoms with Crippen molar-refractivity contribution in [1.82, 2.24) is 5.16 Å². The molecule has 2 heterocycles. The van der Waals surface area contributed by atoms with Gasteiger partial charge < -0.3 is 9.84 Å². The number of thiophene rings is 1. The molecule has 1 aromatic carbocycles. The average Bonchev–Trinajstić information content (AvgIpc) is 3.31. The van der Waals surface area contributed by atoms with Gasteiger partial charge in [0.2, 0.25) is 0 Å². The zero-order valence-electron chi connectivity index (χ0n) is 17.4. The van der Waals surface area contributed by atoms with Crippen molar-refractivity contribution in [3.8, 4) is 0 Å². The Bertz CT molecular complexity index is 1230. The van der Waals surface area contributed by atoms with Gasteiger partial charge in [0.05, 0.1) is 0 Å². The standard InChI is InChI=1S/C20H22ClN3O4S2/c1-9-10(2)12(4)17(13(5)11(9)3)22-19(25)18-15(7-8-29-18)30(26,27)24-20-16(21)14(6)23-28-20/h7-8,24H,1-6H3,(H,22,25). The highest BCUT2D eigenvalue weighted by Crippen LogP contribution is 2.33. The molecule has 0 spiro atoms. The van der Waals surface area contributed by atoms with E-state index in [2.05, 4.69) is 15.2 Å². The Kier molecular flexibility index (Phi) is 5.99. The molecule has 0 saturated heterocycles. The SMILES string of the molecule is Cc1noc(NS(=O)(=O)c2ccsc2C(=O)Nc2c(C)c(C)c(C)c(C)c2C)c1Cl. The maximum Gasteiger partial charge on any atom is 0.267 e. The van der Waals surface area contributed by atoms with Crippen LogP contribution in [0.3, 0.4) is 0 Å². The quantitative estimate of drug-likeness (QED) is 0.530. The number of nitrogens with zero attached hydrogens (tertiary/aromatic N) is 1. The van der Waals surface area contributed by atoms with Crippen molar-refractivity contribution in [2.75, 3.05) is 10.0 Å². The summed E-state index contributed by atoms with van der Waals surface area (Å²) in [4.78, 5) is 12.9. The molecule has 2 N–H and O–H groups in total. The summed E-state index contributed by atoms with van der Waals surface area (Å²) in [6, 6.07) is 1.37. The lowest BCUT2D eigenvalue weighted by molar-refractivity contribution is 0.102. The van der Waals surface area contributed by atoms with Crippen LogP contribution in [0.4, 0.5) is 11.6 Å².